The van der Waals surface area contributed by atoms with Crippen molar-refractivity contribution in [3.8, 4) is 0 Å². The van der Waals surface area contributed by atoms with Gasteiger partial charge in [-0.25, -0.2) is 0 Å². The number of rotatable bonds is 1. The molecule has 1 heterocycles. The van der Waals surface area contributed by atoms with Gasteiger partial charge in [-0.15, -0.1) is 0 Å². The molecule has 1 saturated heterocycles. The van der Waals surface area contributed by atoms with Gasteiger partial charge in [-0.2, -0.15) is 0 Å². The van der Waals surface area contributed by atoms with E-state index in [0.29, 0.717) is 5.92 Å². The van der Waals surface area contributed by atoms with Crippen LogP contribution in [0.25, 0.3) is 0 Å². The van der Waals surface area contributed by atoms with Gasteiger partial charge in [0.15, 0.2) is 0 Å². The van der Waals surface area contributed by atoms with Gasteiger partial charge in [-0.05, 0) is 49.4 Å². The minimum atomic E-state index is 0.645. The van der Waals surface area contributed by atoms with Crippen molar-refractivity contribution in [1.82, 2.24) is 5.32 Å². The normalized spacial score (nSPS) is 22.4. The predicted octanol–water partition coefficient (Wildman–Crippen LogP) is 3.51. The molecule has 1 aromatic rings. The summed E-state index contributed by atoms with van der Waals surface area (Å²) in [7, 11) is 0. The predicted molar refractivity (Wildman–Crippen MR) is 65.7 cm³/mol. The second-order valence-corrected chi connectivity index (χ2v) is 4.76. The molecule has 1 unspecified atom stereocenters. The number of nitrogens with one attached hydrogen (secondary N) is 1. The van der Waals surface area contributed by atoms with Crippen molar-refractivity contribution in [1.29, 1.82) is 0 Å². The first-order valence-corrected chi connectivity index (χ1v) is 6.12. The Bertz CT molecular complexity index is 327. The highest BCUT2D eigenvalue weighted by molar-refractivity contribution is 6.31. The minimum absolute atomic E-state index is 0.645. The third-order valence-corrected chi connectivity index (χ3v) is 3.71. The maximum Gasteiger partial charge on any atom is 0.0438 e. The third-order valence-electron chi connectivity index (χ3n) is 3.30. The minimum Gasteiger partial charge on any atom is -0.316 e. The highest BCUT2D eigenvalue weighted by Gasteiger charge is 2.16. The Morgan fingerprint density at radius 1 is 1.33 bits per heavy atom. The second-order valence-electron chi connectivity index (χ2n) is 4.35. The van der Waals surface area contributed by atoms with Crippen LogP contribution in [0.1, 0.15) is 36.3 Å². The Morgan fingerprint density at radius 2 is 2.20 bits per heavy atom. The molecule has 0 aromatic heterocycles. The van der Waals surface area contributed by atoms with Gasteiger partial charge in [0, 0.05) is 11.6 Å². The van der Waals surface area contributed by atoms with Crippen molar-refractivity contribution in [2.75, 3.05) is 13.1 Å². The summed E-state index contributed by atoms with van der Waals surface area (Å²) in [4.78, 5) is 0. The van der Waals surface area contributed by atoms with Gasteiger partial charge < -0.3 is 5.32 Å². The summed E-state index contributed by atoms with van der Waals surface area (Å²) in [5, 5.41) is 4.40. The van der Waals surface area contributed by atoms with E-state index in [0.717, 1.165) is 18.1 Å². The molecule has 15 heavy (non-hydrogen) atoms. The van der Waals surface area contributed by atoms with E-state index >= 15 is 0 Å². The van der Waals surface area contributed by atoms with Gasteiger partial charge in [0.2, 0.25) is 0 Å². The Labute approximate surface area is 96.8 Å². The van der Waals surface area contributed by atoms with E-state index in [9.17, 15) is 0 Å². The fraction of sp³-hybridized carbons (Fsp3) is 0.538. The van der Waals surface area contributed by atoms with Crippen LogP contribution in [0, 0.1) is 6.92 Å². The van der Waals surface area contributed by atoms with Gasteiger partial charge >= 0.3 is 0 Å². The lowest BCUT2D eigenvalue weighted by Crippen LogP contribution is -2.19. The van der Waals surface area contributed by atoms with E-state index in [1.54, 1.807) is 0 Å². The summed E-state index contributed by atoms with van der Waals surface area (Å²) in [5.74, 6) is 0.645. The fourth-order valence-corrected chi connectivity index (χ4v) is 2.53. The van der Waals surface area contributed by atoms with Crippen LogP contribution in [-0.4, -0.2) is 13.1 Å². The average molecular weight is 224 g/mol. The van der Waals surface area contributed by atoms with E-state index in [1.165, 1.54) is 30.4 Å². The van der Waals surface area contributed by atoms with Crippen molar-refractivity contribution < 1.29 is 0 Å². The standard InChI is InChI=1S/C13H18ClN/c1-10-12(6-4-7-13(10)14)11-5-2-3-8-15-9-11/h4,6-7,11,15H,2-3,5,8-9H2,1H3. The van der Waals surface area contributed by atoms with Crippen LogP contribution < -0.4 is 5.32 Å². The SMILES string of the molecule is Cc1c(Cl)cccc1C1CCCCNC1. The van der Waals surface area contributed by atoms with Crippen LogP contribution in [0.15, 0.2) is 18.2 Å². The number of hydrogen-bond acceptors (Lipinski definition) is 1. The molecule has 0 aliphatic carbocycles. The molecule has 82 valence electrons. The molecule has 1 aliphatic heterocycles. The highest BCUT2D eigenvalue weighted by atomic mass is 35.5. The summed E-state index contributed by atoms with van der Waals surface area (Å²) in [5.41, 5.74) is 2.68. The molecule has 1 atom stereocenters. The summed E-state index contributed by atoms with van der Waals surface area (Å²) in [6, 6.07) is 6.26. The van der Waals surface area contributed by atoms with E-state index in [-0.39, 0.29) is 0 Å². The lowest BCUT2D eigenvalue weighted by molar-refractivity contribution is 0.607. The molecular weight excluding hydrogens is 206 g/mol. The molecule has 1 aliphatic rings. The number of benzene rings is 1. The van der Waals surface area contributed by atoms with Crippen LogP contribution in [0.4, 0.5) is 0 Å². The number of halogens is 1. The highest BCUT2D eigenvalue weighted by Crippen LogP contribution is 2.29. The van der Waals surface area contributed by atoms with Crippen LogP contribution in [0.5, 0.6) is 0 Å². The Kier molecular flexibility index (Phi) is 3.66. The molecule has 2 rings (SSSR count). The van der Waals surface area contributed by atoms with Gasteiger partial charge in [0.1, 0.15) is 0 Å². The van der Waals surface area contributed by atoms with Crippen LogP contribution in [0.3, 0.4) is 0 Å². The van der Waals surface area contributed by atoms with E-state index in [1.807, 2.05) is 6.07 Å². The van der Waals surface area contributed by atoms with Gasteiger partial charge in [-0.1, -0.05) is 30.2 Å². The fourth-order valence-electron chi connectivity index (χ4n) is 2.35. The molecule has 2 heteroatoms. The molecule has 1 fully saturated rings. The molecule has 0 amide bonds. The molecule has 1 nitrogen and oxygen atoms in total. The number of hydrogen-bond donors (Lipinski definition) is 1. The Balaban J connectivity index is 2.23. The van der Waals surface area contributed by atoms with Gasteiger partial charge in [0.05, 0.1) is 0 Å². The topological polar surface area (TPSA) is 12.0 Å². The first kappa shape index (κ1) is 11.0. The van der Waals surface area contributed by atoms with Crippen molar-refractivity contribution in [2.24, 2.45) is 0 Å². The Morgan fingerprint density at radius 3 is 3.07 bits per heavy atom. The largest absolute Gasteiger partial charge is 0.316 e. The van der Waals surface area contributed by atoms with Gasteiger partial charge in [0.25, 0.3) is 0 Å². The van der Waals surface area contributed by atoms with Crippen LogP contribution >= 0.6 is 11.6 Å². The molecule has 0 bridgehead atoms. The molecular formula is C13H18ClN. The van der Waals surface area contributed by atoms with E-state index in [4.69, 9.17) is 11.6 Å². The van der Waals surface area contributed by atoms with Crippen molar-refractivity contribution in [2.45, 2.75) is 32.1 Å². The molecule has 1 aromatic carbocycles. The van der Waals surface area contributed by atoms with Crippen LogP contribution in [-0.2, 0) is 0 Å². The average Bonchev–Trinajstić information content (AvgIpc) is 2.50. The van der Waals surface area contributed by atoms with Gasteiger partial charge in [-0.3, -0.25) is 0 Å². The summed E-state index contributed by atoms with van der Waals surface area (Å²) in [6.45, 7) is 4.39. The molecule has 1 N–H and O–H groups in total. The van der Waals surface area contributed by atoms with Crippen molar-refractivity contribution in [3.63, 3.8) is 0 Å². The second kappa shape index (κ2) is 5.00. The maximum absolute atomic E-state index is 6.15. The zero-order valence-electron chi connectivity index (χ0n) is 9.22. The maximum atomic E-state index is 6.15. The first-order valence-electron chi connectivity index (χ1n) is 5.75. The monoisotopic (exact) mass is 223 g/mol. The van der Waals surface area contributed by atoms with E-state index in [2.05, 4.69) is 24.4 Å². The van der Waals surface area contributed by atoms with E-state index < -0.39 is 0 Å². The lowest BCUT2D eigenvalue weighted by atomic mass is 9.91. The molecule has 0 saturated carbocycles. The third kappa shape index (κ3) is 2.53. The van der Waals surface area contributed by atoms with Crippen molar-refractivity contribution in [3.05, 3.63) is 34.3 Å². The quantitative estimate of drug-likeness (QED) is 0.769. The first-order chi connectivity index (χ1) is 7.29. The Hall–Kier alpha value is -0.530. The lowest BCUT2D eigenvalue weighted by Gasteiger charge is -2.17. The zero-order valence-corrected chi connectivity index (χ0v) is 9.98. The molecule has 0 spiro atoms. The molecule has 0 radical (unpaired) electrons. The zero-order chi connectivity index (χ0) is 10.7. The summed E-state index contributed by atoms with van der Waals surface area (Å²) < 4.78 is 0. The van der Waals surface area contributed by atoms with Crippen LogP contribution in [0.2, 0.25) is 5.02 Å². The smallest absolute Gasteiger partial charge is 0.0438 e. The summed E-state index contributed by atoms with van der Waals surface area (Å²) in [6.07, 6.45) is 3.91. The van der Waals surface area contributed by atoms with Crippen molar-refractivity contribution >= 4 is 11.6 Å². The summed E-state index contributed by atoms with van der Waals surface area (Å²) >= 11 is 6.15.